The molecule has 0 amide bonds. The fourth-order valence-electron chi connectivity index (χ4n) is 0.502. The topological polar surface area (TPSA) is 9.23 Å². The largest absolute Gasteiger partial charge is 0.377 e. The molecule has 1 aliphatic rings. The van der Waals surface area contributed by atoms with Gasteiger partial charge in [0.05, 0.1) is 18.0 Å². The fraction of sp³-hybridized carbons (Fsp3) is 1.00. The molecule has 0 aliphatic carbocycles. The number of ether oxygens (including phenoxy) is 1. The zero-order valence-corrected chi connectivity index (χ0v) is 5.32. The second-order valence-corrected chi connectivity index (χ2v) is 2.75. The summed E-state index contributed by atoms with van der Waals surface area (Å²) >= 11 is 3.10. The zero-order chi connectivity index (χ0) is 5.28. The summed E-state index contributed by atoms with van der Waals surface area (Å²) in [4.78, 5) is -0.0625. The van der Waals surface area contributed by atoms with Gasteiger partial charge in [0.2, 0.25) is 0 Å². The van der Waals surface area contributed by atoms with Gasteiger partial charge in [-0.15, -0.1) is 0 Å². The number of hydrogen-bond acceptors (Lipinski definition) is 1. The Kier molecular flexibility index (Phi) is 1.65. The number of hydrogen-bond donors (Lipinski definition) is 0. The summed E-state index contributed by atoms with van der Waals surface area (Å²) in [6.07, 6.45) is -0.792. The van der Waals surface area contributed by atoms with E-state index in [1.54, 1.807) is 0 Å². The molecule has 0 spiro atoms. The van der Waals surface area contributed by atoms with Crippen LogP contribution in [0.3, 0.4) is 0 Å². The molecule has 0 unspecified atom stereocenters. The van der Waals surface area contributed by atoms with Gasteiger partial charge in [-0.2, -0.15) is 0 Å². The molecule has 3 heteroatoms. The molecule has 1 heterocycles. The molecule has 1 rings (SSSR count). The summed E-state index contributed by atoms with van der Waals surface area (Å²) in [5.74, 6) is 0. The minimum absolute atomic E-state index is 0.0625. The van der Waals surface area contributed by atoms with Crippen LogP contribution < -0.4 is 0 Å². The quantitative estimate of drug-likeness (QED) is 0.493. The van der Waals surface area contributed by atoms with E-state index in [1.165, 1.54) is 0 Å². The van der Waals surface area contributed by atoms with E-state index in [2.05, 4.69) is 15.9 Å². The summed E-state index contributed by atoms with van der Waals surface area (Å²) in [6.45, 7) is 0.775. The van der Waals surface area contributed by atoms with Crippen molar-refractivity contribution in [3.8, 4) is 0 Å². The maximum Gasteiger partial charge on any atom is 0.138 e. The summed E-state index contributed by atoms with van der Waals surface area (Å²) in [7, 11) is 0. The Morgan fingerprint density at radius 1 is 1.57 bits per heavy atom. The van der Waals surface area contributed by atoms with Gasteiger partial charge in [-0.05, 0) is 0 Å². The monoisotopic (exact) mass is 168 g/mol. The lowest BCUT2D eigenvalue weighted by Crippen LogP contribution is -2.10. The lowest BCUT2D eigenvalue weighted by Gasteiger charge is -1.95. The Morgan fingerprint density at radius 3 is 2.43 bits per heavy atom. The van der Waals surface area contributed by atoms with Gasteiger partial charge in [-0.1, -0.05) is 15.9 Å². The van der Waals surface area contributed by atoms with Crippen LogP contribution in [0.2, 0.25) is 0 Å². The van der Waals surface area contributed by atoms with Crippen LogP contribution in [0.5, 0.6) is 0 Å². The fourth-order valence-corrected chi connectivity index (χ4v) is 0.842. The molecule has 1 nitrogen and oxygen atoms in total. The number of halogens is 2. The molecule has 2 atom stereocenters. The second kappa shape index (κ2) is 2.09. The normalized spacial score (nSPS) is 42.0. The van der Waals surface area contributed by atoms with Gasteiger partial charge >= 0.3 is 0 Å². The Labute approximate surface area is 50.0 Å². The Hall–Kier alpha value is 0.370. The van der Waals surface area contributed by atoms with Crippen molar-refractivity contribution in [1.29, 1.82) is 0 Å². The van der Waals surface area contributed by atoms with E-state index < -0.39 is 6.17 Å². The number of rotatable bonds is 0. The van der Waals surface area contributed by atoms with E-state index in [-0.39, 0.29) is 11.4 Å². The minimum atomic E-state index is -0.792. The first-order valence-corrected chi connectivity index (χ1v) is 3.08. The lowest BCUT2D eigenvalue weighted by atomic mass is 10.3. The predicted octanol–water partition coefficient (Wildman–Crippen LogP) is 1.12. The zero-order valence-electron chi connectivity index (χ0n) is 3.73. The van der Waals surface area contributed by atoms with E-state index in [1.807, 2.05) is 0 Å². The highest BCUT2D eigenvalue weighted by atomic mass is 79.9. The van der Waals surface area contributed by atoms with Crippen molar-refractivity contribution in [2.45, 2.75) is 11.0 Å². The Balaban J connectivity index is 2.33. The molecule has 0 aromatic rings. The van der Waals surface area contributed by atoms with Crippen LogP contribution in [0.25, 0.3) is 0 Å². The second-order valence-electron chi connectivity index (χ2n) is 1.57. The SMILES string of the molecule is F[C@H]1COC[C@@H]1Br. The third-order valence-electron chi connectivity index (χ3n) is 0.947. The molecule has 42 valence electrons. The van der Waals surface area contributed by atoms with E-state index in [9.17, 15) is 4.39 Å². The molecule has 1 aliphatic heterocycles. The maximum atomic E-state index is 12.1. The van der Waals surface area contributed by atoms with Crippen LogP contribution in [0.4, 0.5) is 4.39 Å². The van der Waals surface area contributed by atoms with Crippen molar-refractivity contribution in [3.63, 3.8) is 0 Å². The van der Waals surface area contributed by atoms with Crippen LogP contribution >= 0.6 is 15.9 Å². The van der Waals surface area contributed by atoms with Crippen molar-refractivity contribution < 1.29 is 9.13 Å². The average molecular weight is 169 g/mol. The molecule has 0 bridgehead atoms. The van der Waals surface area contributed by atoms with E-state index in [0.717, 1.165) is 0 Å². The van der Waals surface area contributed by atoms with Crippen molar-refractivity contribution in [2.75, 3.05) is 13.2 Å². The number of alkyl halides is 2. The van der Waals surface area contributed by atoms with Gasteiger partial charge in [0.15, 0.2) is 0 Å². The van der Waals surface area contributed by atoms with E-state index in [4.69, 9.17) is 4.74 Å². The van der Waals surface area contributed by atoms with E-state index >= 15 is 0 Å². The molecular weight excluding hydrogens is 163 g/mol. The third kappa shape index (κ3) is 1.13. The van der Waals surface area contributed by atoms with Crippen LogP contribution in [-0.4, -0.2) is 24.2 Å². The van der Waals surface area contributed by atoms with Gasteiger partial charge in [0.25, 0.3) is 0 Å². The van der Waals surface area contributed by atoms with Crippen LogP contribution in [0.15, 0.2) is 0 Å². The highest BCUT2D eigenvalue weighted by Gasteiger charge is 2.24. The molecular formula is C4H6BrFO. The van der Waals surface area contributed by atoms with Gasteiger partial charge in [0, 0.05) is 0 Å². The van der Waals surface area contributed by atoms with Gasteiger partial charge in [-0.25, -0.2) is 4.39 Å². The van der Waals surface area contributed by atoms with Crippen LogP contribution in [-0.2, 0) is 4.74 Å². The summed E-state index contributed by atoms with van der Waals surface area (Å²) in [6, 6.07) is 0. The molecule has 0 aromatic carbocycles. The van der Waals surface area contributed by atoms with Gasteiger partial charge < -0.3 is 4.74 Å². The van der Waals surface area contributed by atoms with Crippen LogP contribution in [0, 0.1) is 0 Å². The van der Waals surface area contributed by atoms with Crippen molar-refractivity contribution in [3.05, 3.63) is 0 Å². The summed E-state index contributed by atoms with van der Waals surface area (Å²) < 4.78 is 16.9. The standard InChI is InChI=1S/C4H6BrFO/c5-3-1-7-2-4(3)6/h3-4H,1-2H2/t3-,4-/m0/s1. The van der Waals surface area contributed by atoms with E-state index in [0.29, 0.717) is 6.61 Å². The molecule has 0 saturated carbocycles. The molecule has 7 heavy (non-hydrogen) atoms. The smallest absolute Gasteiger partial charge is 0.138 e. The first kappa shape index (κ1) is 5.51. The third-order valence-corrected chi connectivity index (χ3v) is 1.78. The van der Waals surface area contributed by atoms with Crippen LogP contribution in [0.1, 0.15) is 0 Å². The molecule has 0 aromatic heterocycles. The summed E-state index contributed by atoms with van der Waals surface area (Å²) in [5.41, 5.74) is 0. The highest BCUT2D eigenvalue weighted by molar-refractivity contribution is 9.09. The molecule has 1 saturated heterocycles. The van der Waals surface area contributed by atoms with Gasteiger partial charge in [-0.3, -0.25) is 0 Å². The summed E-state index contributed by atoms with van der Waals surface area (Å²) in [5, 5.41) is 0. The lowest BCUT2D eigenvalue weighted by molar-refractivity contribution is 0.173. The van der Waals surface area contributed by atoms with Crippen molar-refractivity contribution in [1.82, 2.24) is 0 Å². The minimum Gasteiger partial charge on any atom is -0.377 e. The van der Waals surface area contributed by atoms with Crippen molar-refractivity contribution >= 4 is 15.9 Å². The molecule has 0 radical (unpaired) electrons. The highest BCUT2D eigenvalue weighted by Crippen LogP contribution is 2.16. The first-order valence-electron chi connectivity index (χ1n) is 2.16. The van der Waals surface area contributed by atoms with Crippen molar-refractivity contribution in [2.24, 2.45) is 0 Å². The molecule has 0 N–H and O–H groups in total. The average Bonchev–Trinajstić information content (AvgIpc) is 1.91. The Morgan fingerprint density at radius 2 is 2.29 bits per heavy atom. The molecule has 1 fully saturated rings. The van der Waals surface area contributed by atoms with Gasteiger partial charge in [0.1, 0.15) is 6.17 Å². The maximum absolute atomic E-state index is 12.1. The Bertz CT molecular complexity index is 60.7. The first-order chi connectivity index (χ1) is 3.30. The predicted molar refractivity (Wildman–Crippen MR) is 28.4 cm³/mol.